The normalized spacial score (nSPS) is 14.9. The maximum atomic E-state index is 11.4. The number of hydrogen-bond donors (Lipinski definition) is 2. The fourth-order valence-electron chi connectivity index (χ4n) is 1.38. The molecule has 0 heterocycles. The molecule has 0 spiro atoms. The van der Waals surface area contributed by atoms with Crippen LogP contribution in [0.2, 0.25) is 0 Å². The first-order valence-corrected chi connectivity index (χ1v) is 6.49. The molecule has 1 fully saturated rings. The Hall–Kier alpha value is -1.29. The Morgan fingerprint density at radius 3 is 2.71 bits per heavy atom. The van der Waals surface area contributed by atoms with Gasteiger partial charge < -0.3 is 10.6 Å². The van der Waals surface area contributed by atoms with E-state index in [2.05, 4.69) is 26.6 Å². The van der Waals surface area contributed by atoms with E-state index in [1.807, 2.05) is 30.3 Å². The predicted octanol–water partition coefficient (Wildman–Crippen LogP) is 3.17. The molecule has 1 aromatic carbocycles. The van der Waals surface area contributed by atoms with Crippen molar-refractivity contribution in [3.8, 4) is 0 Å². The molecule has 2 rings (SSSR count). The van der Waals surface area contributed by atoms with Crippen LogP contribution in [0.1, 0.15) is 18.4 Å². The smallest absolute Gasteiger partial charge is 0.319 e. The van der Waals surface area contributed by atoms with Crippen molar-refractivity contribution in [1.82, 2.24) is 10.6 Å². The summed E-state index contributed by atoms with van der Waals surface area (Å²) in [6.45, 7) is 0.538. The van der Waals surface area contributed by atoms with Crippen LogP contribution >= 0.6 is 15.9 Å². The van der Waals surface area contributed by atoms with Gasteiger partial charge in [0.15, 0.2) is 0 Å². The van der Waals surface area contributed by atoms with E-state index in [-0.39, 0.29) is 6.03 Å². The minimum atomic E-state index is -0.162. The van der Waals surface area contributed by atoms with Gasteiger partial charge in [-0.05, 0) is 36.5 Å². The van der Waals surface area contributed by atoms with Crippen molar-refractivity contribution < 1.29 is 4.79 Å². The molecule has 2 amide bonds. The lowest BCUT2D eigenvalue weighted by molar-refractivity contribution is 0.243. The van der Waals surface area contributed by atoms with Gasteiger partial charge in [0.25, 0.3) is 0 Å². The van der Waals surface area contributed by atoms with Crippen LogP contribution in [0.3, 0.4) is 0 Å². The largest absolute Gasteiger partial charge is 0.334 e. The Morgan fingerprint density at radius 2 is 2.06 bits per heavy atom. The number of carbonyl (C=O) groups is 1. The Labute approximate surface area is 109 Å². The van der Waals surface area contributed by atoms with Gasteiger partial charge in [-0.25, -0.2) is 4.79 Å². The summed E-state index contributed by atoms with van der Waals surface area (Å²) >= 11 is 3.37. The second-order valence-corrected chi connectivity index (χ2v) is 5.07. The van der Waals surface area contributed by atoms with Gasteiger partial charge in [0, 0.05) is 17.2 Å². The van der Waals surface area contributed by atoms with Crippen LogP contribution in [0, 0.1) is 5.92 Å². The third kappa shape index (κ3) is 4.61. The number of benzene rings is 1. The van der Waals surface area contributed by atoms with Crippen molar-refractivity contribution in [2.24, 2.45) is 5.92 Å². The average Bonchev–Trinajstić information content (AvgIpc) is 3.12. The number of rotatable bonds is 4. The molecule has 2 N–H and O–H groups in total. The Morgan fingerprint density at radius 1 is 1.35 bits per heavy atom. The fourth-order valence-corrected chi connectivity index (χ4v) is 1.65. The van der Waals surface area contributed by atoms with Gasteiger partial charge in [-0.3, -0.25) is 0 Å². The number of halogens is 1. The summed E-state index contributed by atoms with van der Waals surface area (Å²) in [5, 5.41) is 5.49. The molecule has 17 heavy (non-hydrogen) atoms. The number of nitrogens with one attached hydrogen (secondary N) is 2. The molecule has 1 aromatic rings. The molecule has 1 aliphatic carbocycles. The molecular weight excluding hydrogens is 280 g/mol. The average molecular weight is 295 g/mol. The molecule has 90 valence electrons. The number of urea groups is 1. The van der Waals surface area contributed by atoms with Crippen molar-refractivity contribution >= 4 is 22.0 Å². The monoisotopic (exact) mass is 294 g/mol. The SMILES string of the molecule is O=C(N/C=C/C1CC1)NCc1ccc(Br)cc1. The fraction of sp³-hybridized carbons (Fsp3) is 0.308. The summed E-state index contributed by atoms with van der Waals surface area (Å²) in [7, 11) is 0. The van der Waals surface area contributed by atoms with E-state index in [0.29, 0.717) is 12.5 Å². The van der Waals surface area contributed by atoms with Gasteiger partial charge in [-0.15, -0.1) is 0 Å². The van der Waals surface area contributed by atoms with E-state index >= 15 is 0 Å². The third-order valence-corrected chi connectivity index (χ3v) is 3.10. The standard InChI is InChI=1S/C13H15BrN2O/c14-12-5-3-11(4-6-12)9-16-13(17)15-8-7-10-1-2-10/h3-8,10H,1-2,9H2,(H2,15,16,17)/b8-7+. The van der Waals surface area contributed by atoms with Crippen molar-refractivity contribution in [1.29, 1.82) is 0 Å². The van der Waals surface area contributed by atoms with Crippen LogP contribution in [-0.4, -0.2) is 6.03 Å². The van der Waals surface area contributed by atoms with Crippen LogP contribution in [0.5, 0.6) is 0 Å². The predicted molar refractivity (Wildman–Crippen MR) is 71.4 cm³/mol. The first-order chi connectivity index (χ1) is 8.24. The van der Waals surface area contributed by atoms with Crippen molar-refractivity contribution in [3.63, 3.8) is 0 Å². The highest BCUT2D eigenvalue weighted by atomic mass is 79.9. The first-order valence-electron chi connectivity index (χ1n) is 5.69. The molecule has 1 aliphatic rings. The van der Waals surface area contributed by atoms with E-state index in [9.17, 15) is 4.79 Å². The molecule has 4 heteroatoms. The van der Waals surface area contributed by atoms with Crippen molar-refractivity contribution in [3.05, 3.63) is 46.6 Å². The zero-order valence-corrected chi connectivity index (χ0v) is 11.0. The van der Waals surface area contributed by atoms with Crippen LogP contribution in [0.25, 0.3) is 0 Å². The minimum absolute atomic E-state index is 0.162. The van der Waals surface area contributed by atoms with Crippen LogP contribution in [-0.2, 0) is 6.54 Å². The van der Waals surface area contributed by atoms with E-state index in [4.69, 9.17) is 0 Å². The topological polar surface area (TPSA) is 41.1 Å². The molecule has 0 atom stereocenters. The molecule has 0 unspecified atom stereocenters. The van der Waals surface area contributed by atoms with Crippen molar-refractivity contribution in [2.75, 3.05) is 0 Å². The van der Waals surface area contributed by atoms with E-state index in [0.717, 1.165) is 10.0 Å². The lowest BCUT2D eigenvalue weighted by Gasteiger charge is -2.04. The maximum absolute atomic E-state index is 11.4. The molecular formula is C13H15BrN2O. The number of hydrogen-bond acceptors (Lipinski definition) is 1. The molecule has 0 aliphatic heterocycles. The summed E-state index contributed by atoms with van der Waals surface area (Å²) in [6, 6.07) is 7.71. The summed E-state index contributed by atoms with van der Waals surface area (Å²) < 4.78 is 1.04. The Kier molecular flexibility index (Phi) is 4.20. The van der Waals surface area contributed by atoms with Crippen LogP contribution in [0.4, 0.5) is 4.79 Å². The van der Waals surface area contributed by atoms with Crippen molar-refractivity contribution in [2.45, 2.75) is 19.4 Å². The van der Waals surface area contributed by atoms with Gasteiger partial charge in [0.2, 0.25) is 0 Å². The highest BCUT2D eigenvalue weighted by Crippen LogP contribution is 2.29. The molecule has 0 aromatic heterocycles. The minimum Gasteiger partial charge on any atom is -0.334 e. The van der Waals surface area contributed by atoms with Gasteiger partial charge >= 0.3 is 6.03 Å². The summed E-state index contributed by atoms with van der Waals surface area (Å²) in [4.78, 5) is 11.4. The zero-order chi connectivity index (χ0) is 12.1. The molecule has 3 nitrogen and oxygen atoms in total. The maximum Gasteiger partial charge on any atom is 0.319 e. The third-order valence-electron chi connectivity index (χ3n) is 2.57. The molecule has 0 saturated heterocycles. The number of allylic oxidation sites excluding steroid dienone is 1. The first kappa shape index (κ1) is 12.2. The van der Waals surface area contributed by atoms with Gasteiger partial charge in [-0.2, -0.15) is 0 Å². The quantitative estimate of drug-likeness (QED) is 0.880. The second-order valence-electron chi connectivity index (χ2n) is 4.15. The number of carbonyl (C=O) groups excluding carboxylic acids is 1. The highest BCUT2D eigenvalue weighted by molar-refractivity contribution is 9.10. The van der Waals surface area contributed by atoms with Gasteiger partial charge in [0.1, 0.15) is 0 Å². The number of amides is 2. The van der Waals surface area contributed by atoms with Gasteiger partial charge in [-0.1, -0.05) is 34.1 Å². The lowest BCUT2D eigenvalue weighted by Crippen LogP contribution is -2.31. The van der Waals surface area contributed by atoms with E-state index in [1.54, 1.807) is 6.20 Å². The second kappa shape index (κ2) is 5.87. The molecule has 0 radical (unpaired) electrons. The van der Waals surface area contributed by atoms with E-state index < -0.39 is 0 Å². The molecule has 0 bridgehead atoms. The zero-order valence-electron chi connectivity index (χ0n) is 9.45. The summed E-state index contributed by atoms with van der Waals surface area (Å²) in [5.74, 6) is 0.682. The summed E-state index contributed by atoms with van der Waals surface area (Å²) in [6.07, 6.45) is 6.27. The molecule has 1 saturated carbocycles. The Balaban J connectivity index is 1.69. The van der Waals surface area contributed by atoms with Gasteiger partial charge in [0.05, 0.1) is 0 Å². The lowest BCUT2D eigenvalue weighted by atomic mass is 10.2. The van der Waals surface area contributed by atoms with Crippen LogP contribution in [0.15, 0.2) is 41.0 Å². The Bertz CT molecular complexity index is 410. The highest BCUT2D eigenvalue weighted by Gasteiger charge is 2.16. The van der Waals surface area contributed by atoms with E-state index in [1.165, 1.54) is 12.8 Å². The summed E-state index contributed by atoms with van der Waals surface area (Å²) in [5.41, 5.74) is 1.08. The van der Waals surface area contributed by atoms with Crippen LogP contribution < -0.4 is 10.6 Å².